The summed E-state index contributed by atoms with van der Waals surface area (Å²) in [4.78, 5) is 24.2. The van der Waals surface area contributed by atoms with Gasteiger partial charge in [-0.1, -0.05) is 18.2 Å². The maximum atomic E-state index is 12.2. The summed E-state index contributed by atoms with van der Waals surface area (Å²) in [5, 5.41) is 12.2. The zero-order valence-corrected chi connectivity index (χ0v) is 11.9. The predicted molar refractivity (Wildman–Crippen MR) is 75.1 cm³/mol. The van der Waals surface area contributed by atoms with Crippen molar-refractivity contribution >= 4 is 16.7 Å². The van der Waals surface area contributed by atoms with Crippen LogP contribution in [0, 0.1) is 6.92 Å². The van der Waals surface area contributed by atoms with E-state index < -0.39 is 5.97 Å². The van der Waals surface area contributed by atoms with Gasteiger partial charge in [0.2, 0.25) is 5.89 Å². The molecule has 2 aromatic heterocycles. The van der Waals surface area contributed by atoms with E-state index in [0.717, 1.165) is 4.68 Å². The highest BCUT2D eigenvalue weighted by Crippen LogP contribution is 2.14. The highest BCUT2D eigenvalue weighted by molar-refractivity contribution is 6.02. The maximum Gasteiger partial charge on any atom is 0.359 e. The van der Waals surface area contributed by atoms with Crippen LogP contribution in [-0.4, -0.2) is 25.9 Å². The minimum absolute atomic E-state index is 0.0638. The van der Waals surface area contributed by atoms with E-state index in [4.69, 9.17) is 9.15 Å². The topological polar surface area (TPSA) is 100 Å². The van der Waals surface area contributed by atoms with Crippen molar-refractivity contribution in [1.82, 2.24) is 20.0 Å². The Morgan fingerprint density at radius 3 is 2.68 bits per heavy atom. The zero-order chi connectivity index (χ0) is 15.7. The fourth-order valence-electron chi connectivity index (χ4n) is 2.04. The lowest BCUT2D eigenvalue weighted by molar-refractivity contribution is 0.0430. The molecule has 22 heavy (non-hydrogen) atoms. The van der Waals surface area contributed by atoms with E-state index in [0.29, 0.717) is 16.7 Å². The van der Waals surface area contributed by atoms with Gasteiger partial charge in [-0.05, 0) is 6.07 Å². The summed E-state index contributed by atoms with van der Waals surface area (Å²) in [7, 11) is 1.48. The molecule has 0 spiro atoms. The van der Waals surface area contributed by atoms with Crippen molar-refractivity contribution in [2.24, 2.45) is 7.05 Å². The van der Waals surface area contributed by atoms with Crippen LogP contribution >= 0.6 is 0 Å². The van der Waals surface area contributed by atoms with Crippen molar-refractivity contribution in [2.45, 2.75) is 13.5 Å². The molecule has 3 rings (SSSR count). The number of esters is 1. The molecular weight excluding hydrogens is 288 g/mol. The lowest BCUT2D eigenvalue weighted by atomic mass is 10.1. The second-order valence-electron chi connectivity index (χ2n) is 4.61. The van der Waals surface area contributed by atoms with Crippen LogP contribution in [0.2, 0.25) is 0 Å². The second kappa shape index (κ2) is 5.40. The molecule has 8 heteroatoms. The lowest BCUT2D eigenvalue weighted by Crippen LogP contribution is -2.23. The van der Waals surface area contributed by atoms with Crippen molar-refractivity contribution < 1.29 is 13.9 Å². The highest BCUT2D eigenvalue weighted by atomic mass is 16.5. The molecule has 0 N–H and O–H groups in total. The fourth-order valence-corrected chi connectivity index (χ4v) is 2.04. The van der Waals surface area contributed by atoms with Crippen LogP contribution in [0.15, 0.2) is 33.5 Å². The summed E-state index contributed by atoms with van der Waals surface area (Å²) in [5.74, 6) is -0.0839. The fraction of sp³-hybridized carbons (Fsp3) is 0.214. The molecule has 0 saturated heterocycles. The smallest absolute Gasteiger partial charge is 0.359 e. The normalized spacial score (nSPS) is 10.8. The summed E-state index contributed by atoms with van der Waals surface area (Å²) >= 11 is 0. The first kappa shape index (κ1) is 13.9. The molecule has 8 nitrogen and oxygen atoms in total. The van der Waals surface area contributed by atoms with Crippen LogP contribution in [0.3, 0.4) is 0 Å². The maximum absolute atomic E-state index is 12.2. The molecule has 3 aromatic rings. The van der Waals surface area contributed by atoms with Crippen LogP contribution < -0.4 is 5.56 Å². The van der Waals surface area contributed by atoms with Crippen LogP contribution in [0.1, 0.15) is 22.3 Å². The van der Waals surface area contributed by atoms with Crippen molar-refractivity contribution in [3.05, 3.63) is 52.1 Å². The number of benzene rings is 1. The van der Waals surface area contributed by atoms with Crippen molar-refractivity contribution in [3.63, 3.8) is 0 Å². The van der Waals surface area contributed by atoms with Gasteiger partial charge in [-0.15, -0.1) is 10.2 Å². The minimum Gasteiger partial charge on any atom is -0.451 e. The first-order valence-corrected chi connectivity index (χ1v) is 6.48. The minimum atomic E-state index is -0.664. The van der Waals surface area contributed by atoms with Crippen molar-refractivity contribution in [2.75, 3.05) is 0 Å². The molecular formula is C14H12N4O4. The molecule has 0 aliphatic rings. The third-order valence-electron chi connectivity index (χ3n) is 3.04. The van der Waals surface area contributed by atoms with Crippen LogP contribution in [-0.2, 0) is 18.4 Å². The Hall–Kier alpha value is -3.03. The molecule has 0 aliphatic heterocycles. The molecule has 0 unspecified atom stereocenters. The van der Waals surface area contributed by atoms with Crippen molar-refractivity contribution in [3.8, 4) is 0 Å². The number of aryl methyl sites for hydroxylation is 2. The Morgan fingerprint density at radius 1 is 1.27 bits per heavy atom. The van der Waals surface area contributed by atoms with Gasteiger partial charge in [0, 0.05) is 19.4 Å². The highest BCUT2D eigenvalue weighted by Gasteiger charge is 2.17. The summed E-state index contributed by atoms with van der Waals surface area (Å²) in [6.07, 6.45) is 0. The van der Waals surface area contributed by atoms with Crippen LogP contribution in [0.4, 0.5) is 0 Å². The molecule has 0 radical (unpaired) electrons. The Labute approximate surface area is 124 Å². The monoisotopic (exact) mass is 300 g/mol. The van der Waals surface area contributed by atoms with E-state index >= 15 is 0 Å². The lowest BCUT2D eigenvalue weighted by Gasteiger charge is -2.07. The summed E-state index contributed by atoms with van der Waals surface area (Å²) < 4.78 is 11.3. The quantitative estimate of drug-likeness (QED) is 0.665. The number of carbonyl (C=O) groups is 1. The van der Waals surface area contributed by atoms with Gasteiger partial charge in [0.05, 0.1) is 5.39 Å². The molecule has 0 saturated carbocycles. The molecule has 0 bridgehead atoms. The molecule has 0 atom stereocenters. The SMILES string of the molecule is Cc1nnc(COC(=O)c2nn(C)c(=O)c3ccccc23)o1. The number of carbonyl (C=O) groups excluding carboxylic acids is 1. The van der Waals surface area contributed by atoms with Gasteiger partial charge < -0.3 is 9.15 Å². The standard InChI is InChI=1S/C14H12N4O4/c1-8-15-16-11(22-8)7-21-14(20)12-9-5-3-4-6-10(9)13(19)18(2)17-12/h3-6H,7H2,1-2H3. The number of ether oxygens (including phenoxy) is 1. The zero-order valence-electron chi connectivity index (χ0n) is 11.9. The molecule has 0 amide bonds. The molecule has 0 fully saturated rings. The van der Waals surface area contributed by atoms with Gasteiger partial charge in [-0.25, -0.2) is 9.48 Å². The van der Waals surface area contributed by atoms with E-state index in [9.17, 15) is 9.59 Å². The van der Waals surface area contributed by atoms with Gasteiger partial charge in [0.15, 0.2) is 12.3 Å². The van der Waals surface area contributed by atoms with Gasteiger partial charge in [-0.2, -0.15) is 5.10 Å². The number of hydrogen-bond donors (Lipinski definition) is 0. The predicted octanol–water partition coefficient (Wildman–Crippen LogP) is 0.982. The van der Waals surface area contributed by atoms with E-state index in [-0.39, 0.29) is 23.8 Å². The summed E-state index contributed by atoms with van der Waals surface area (Å²) in [6, 6.07) is 6.73. The van der Waals surface area contributed by atoms with Crippen LogP contribution in [0.25, 0.3) is 10.8 Å². The van der Waals surface area contributed by atoms with E-state index in [1.165, 1.54) is 7.05 Å². The van der Waals surface area contributed by atoms with Gasteiger partial charge in [0.1, 0.15) is 0 Å². The molecule has 2 heterocycles. The second-order valence-corrected chi connectivity index (χ2v) is 4.61. The largest absolute Gasteiger partial charge is 0.451 e. The Morgan fingerprint density at radius 2 is 2.00 bits per heavy atom. The number of rotatable bonds is 3. The van der Waals surface area contributed by atoms with E-state index in [2.05, 4.69) is 15.3 Å². The van der Waals surface area contributed by atoms with E-state index in [1.807, 2.05) is 0 Å². The summed E-state index contributed by atoms with van der Waals surface area (Å²) in [6.45, 7) is 1.48. The third kappa shape index (κ3) is 2.46. The molecule has 0 aliphatic carbocycles. The average Bonchev–Trinajstić information content (AvgIpc) is 2.94. The van der Waals surface area contributed by atoms with Crippen molar-refractivity contribution in [1.29, 1.82) is 0 Å². The van der Waals surface area contributed by atoms with Crippen LogP contribution in [0.5, 0.6) is 0 Å². The Balaban J connectivity index is 1.94. The number of aromatic nitrogens is 4. The summed E-state index contributed by atoms with van der Waals surface area (Å²) in [5.41, 5.74) is -0.214. The Bertz CT molecular complexity index is 913. The van der Waals surface area contributed by atoms with Gasteiger partial charge >= 0.3 is 5.97 Å². The Kier molecular flexibility index (Phi) is 3.42. The molecule has 1 aromatic carbocycles. The number of fused-ring (bicyclic) bond motifs is 1. The average molecular weight is 300 g/mol. The third-order valence-corrected chi connectivity index (χ3v) is 3.04. The first-order valence-electron chi connectivity index (χ1n) is 6.48. The number of nitrogens with zero attached hydrogens (tertiary/aromatic N) is 4. The number of hydrogen-bond acceptors (Lipinski definition) is 7. The van der Waals surface area contributed by atoms with Gasteiger partial charge in [-0.3, -0.25) is 4.79 Å². The van der Waals surface area contributed by atoms with E-state index in [1.54, 1.807) is 31.2 Å². The first-order chi connectivity index (χ1) is 10.6. The molecule has 112 valence electrons. The van der Waals surface area contributed by atoms with Gasteiger partial charge in [0.25, 0.3) is 11.4 Å².